The summed E-state index contributed by atoms with van der Waals surface area (Å²) < 4.78 is 10.3. The van der Waals surface area contributed by atoms with Gasteiger partial charge in [-0.15, -0.1) is 0 Å². The van der Waals surface area contributed by atoms with Gasteiger partial charge in [0.1, 0.15) is 5.76 Å². The van der Waals surface area contributed by atoms with E-state index < -0.39 is 12.1 Å². The fourth-order valence-corrected chi connectivity index (χ4v) is 2.28. The third-order valence-electron chi connectivity index (χ3n) is 3.69. The Balaban J connectivity index is 1.77. The van der Waals surface area contributed by atoms with Crippen LogP contribution in [0.25, 0.3) is 0 Å². The van der Waals surface area contributed by atoms with Gasteiger partial charge >= 0.3 is 5.97 Å². The van der Waals surface area contributed by atoms with Gasteiger partial charge in [0.2, 0.25) is 5.76 Å². The summed E-state index contributed by atoms with van der Waals surface area (Å²) in [7, 11) is 0. The summed E-state index contributed by atoms with van der Waals surface area (Å²) in [6.45, 7) is 5.22. The van der Waals surface area contributed by atoms with E-state index in [4.69, 9.17) is 9.15 Å². The third-order valence-corrected chi connectivity index (χ3v) is 3.69. The summed E-state index contributed by atoms with van der Waals surface area (Å²) in [4.78, 5) is 24.0. The molecule has 0 bridgehead atoms. The second kappa shape index (κ2) is 8.34. The second-order valence-electron chi connectivity index (χ2n) is 5.89. The number of esters is 1. The van der Waals surface area contributed by atoms with Crippen molar-refractivity contribution < 1.29 is 18.7 Å². The van der Waals surface area contributed by atoms with Gasteiger partial charge in [0.25, 0.3) is 5.91 Å². The van der Waals surface area contributed by atoms with Crippen molar-refractivity contribution >= 4 is 11.9 Å². The number of hydrogen-bond donors (Lipinski definition) is 1. The highest BCUT2D eigenvalue weighted by Gasteiger charge is 2.21. The molecule has 0 saturated carbocycles. The van der Waals surface area contributed by atoms with Crippen molar-refractivity contribution in [2.75, 3.05) is 0 Å². The van der Waals surface area contributed by atoms with Crippen LogP contribution in [0, 0.1) is 6.92 Å². The highest BCUT2D eigenvalue weighted by Crippen LogP contribution is 2.10. The zero-order chi connectivity index (χ0) is 17.5. The predicted molar refractivity (Wildman–Crippen MR) is 90.7 cm³/mol. The summed E-state index contributed by atoms with van der Waals surface area (Å²) in [5, 5.41) is 2.87. The highest BCUT2D eigenvalue weighted by atomic mass is 16.6. The maximum absolute atomic E-state index is 12.1. The molecule has 0 spiro atoms. The number of carbonyl (C=O) groups is 2. The van der Waals surface area contributed by atoms with Gasteiger partial charge in [-0.25, -0.2) is 4.79 Å². The van der Waals surface area contributed by atoms with Crippen LogP contribution < -0.4 is 5.32 Å². The molecular formula is C19H23NO4. The van der Waals surface area contributed by atoms with Crippen LogP contribution in [0.5, 0.6) is 0 Å². The molecule has 1 heterocycles. The molecule has 5 nitrogen and oxygen atoms in total. The van der Waals surface area contributed by atoms with Gasteiger partial charge < -0.3 is 14.5 Å². The van der Waals surface area contributed by atoms with Crippen molar-refractivity contribution in [3.05, 3.63) is 59.5 Å². The van der Waals surface area contributed by atoms with Crippen molar-refractivity contribution in [3.63, 3.8) is 0 Å². The Labute approximate surface area is 142 Å². The number of rotatable bonds is 7. The molecule has 1 aromatic carbocycles. The lowest BCUT2D eigenvalue weighted by Crippen LogP contribution is -2.41. The first-order chi connectivity index (χ1) is 11.5. The Morgan fingerprint density at radius 2 is 1.83 bits per heavy atom. The van der Waals surface area contributed by atoms with Crippen LogP contribution in [0.3, 0.4) is 0 Å². The molecule has 1 aromatic heterocycles. The number of amides is 1. The maximum Gasteiger partial charge on any atom is 0.375 e. The molecular weight excluding hydrogens is 306 g/mol. The van der Waals surface area contributed by atoms with Crippen LogP contribution in [-0.4, -0.2) is 24.0 Å². The van der Waals surface area contributed by atoms with E-state index in [-0.39, 0.29) is 17.7 Å². The van der Waals surface area contributed by atoms with Crippen LogP contribution in [0.4, 0.5) is 0 Å². The molecule has 2 rings (SSSR count). The minimum atomic E-state index is -0.873. The molecule has 1 amide bonds. The SMILES string of the molecule is Cc1ccc(C(=O)O[C@@H](C)C(=O)N[C@@H](C)CCc2ccccc2)o1. The van der Waals surface area contributed by atoms with E-state index >= 15 is 0 Å². The summed E-state index contributed by atoms with van der Waals surface area (Å²) in [5.74, 6) is -0.229. The van der Waals surface area contributed by atoms with Gasteiger partial charge in [-0.2, -0.15) is 0 Å². The number of ether oxygens (including phenoxy) is 1. The van der Waals surface area contributed by atoms with Crippen molar-refractivity contribution in [1.29, 1.82) is 0 Å². The van der Waals surface area contributed by atoms with Crippen LogP contribution in [0.15, 0.2) is 46.9 Å². The summed E-state index contributed by atoms with van der Waals surface area (Å²) in [5.41, 5.74) is 1.23. The number of nitrogens with one attached hydrogen (secondary N) is 1. The normalized spacial score (nSPS) is 13.1. The van der Waals surface area contributed by atoms with Gasteiger partial charge in [0.05, 0.1) is 0 Å². The zero-order valence-electron chi connectivity index (χ0n) is 14.2. The number of benzene rings is 1. The lowest BCUT2D eigenvalue weighted by Gasteiger charge is -2.17. The first kappa shape index (κ1) is 17.8. The number of carbonyl (C=O) groups excluding carboxylic acids is 2. The predicted octanol–water partition coefficient (Wildman–Crippen LogP) is 3.27. The standard InChI is InChI=1S/C19H23NO4/c1-13(9-11-16-7-5-4-6-8-16)20-18(21)15(3)24-19(22)17-12-10-14(2)23-17/h4-8,10,12-13,15H,9,11H2,1-3H3,(H,20,21)/t13-,15-/m0/s1. The molecule has 0 aliphatic rings. The van der Waals surface area contributed by atoms with Gasteiger partial charge in [0, 0.05) is 6.04 Å². The molecule has 128 valence electrons. The molecule has 0 aliphatic heterocycles. The van der Waals surface area contributed by atoms with Gasteiger partial charge in [-0.3, -0.25) is 4.79 Å². The van der Waals surface area contributed by atoms with E-state index in [1.54, 1.807) is 19.9 Å². The Hall–Kier alpha value is -2.56. The average molecular weight is 329 g/mol. The summed E-state index contributed by atoms with van der Waals surface area (Å²) in [6.07, 6.45) is 0.817. The smallest absolute Gasteiger partial charge is 0.375 e. The monoisotopic (exact) mass is 329 g/mol. The van der Waals surface area contributed by atoms with Crippen molar-refractivity contribution in [2.24, 2.45) is 0 Å². The van der Waals surface area contributed by atoms with Crippen molar-refractivity contribution in [1.82, 2.24) is 5.32 Å². The van der Waals surface area contributed by atoms with Crippen molar-refractivity contribution in [2.45, 2.75) is 45.8 Å². The van der Waals surface area contributed by atoms with Crippen LogP contribution in [-0.2, 0) is 16.0 Å². The van der Waals surface area contributed by atoms with Crippen LogP contribution in [0.1, 0.15) is 42.1 Å². The van der Waals surface area contributed by atoms with Gasteiger partial charge in [-0.1, -0.05) is 30.3 Å². The average Bonchev–Trinajstić information content (AvgIpc) is 3.00. The Kier molecular flexibility index (Phi) is 6.18. The summed E-state index contributed by atoms with van der Waals surface area (Å²) >= 11 is 0. The largest absolute Gasteiger partial charge is 0.454 e. The molecule has 5 heteroatoms. The van der Waals surface area contributed by atoms with E-state index in [1.165, 1.54) is 11.6 Å². The molecule has 0 saturated heterocycles. The van der Waals surface area contributed by atoms with E-state index in [0.717, 1.165) is 12.8 Å². The molecule has 1 N–H and O–H groups in total. The topological polar surface area (TPSA) is 68.5 Å². The minimum Gasteiger partial charge on any atom is -0.454 e. The summed E-state index contributed by atoms with van der Waals surface area (Å²) in [6, 6.07) is 13.3. The number of furan rings is 1. The molecule has 0 radical (unpaired) electrons. The first-order valence-electron chi connectivity index (χ1n) is 8.07. The molecule has 0 fully saturated rings. The lowest BCUT2D eigenvalue weighted by molar-refractivity contribution is -0.129. The zero-order valence-corrected chi connectivity index (χ0v) is 14.2. The Morgan fingerprint density at radius 1 is 1.12 bits per heavy atom. The fraction of sp³-hybridized carbons (Fsp3) is 0.368. The molecule has 2 atom stereocenters. The Bertz CT molecular complexity index is 678. The number of aryl methyl sites for hydroxylation is 2. The lowest BCUT2D eigenvalue weighted by atomic mass is 10.1. The quantitative estimate of drug-likeness (QED) is 0.792. The van der Waals surface area contributed by atoms with E-state index in [9.17, 15) is 9.59 Å². The van der Waals surface area contributed by atoms with Gasteiger partial charge in [0.15, 0.2) is 6.10 Å². The Morgan fingerprint density at radius 3 is 2.46 bits per heavy atom. The number of hydrogen-bond acceptors (Lipinski definition) is 4. The second-order valence-corrected chi connectivity index (χ2v) is 5.89. The van der Waals surface area contributed by atoms with Crippen LogP contribution >= 0.6 is 0 Å². The molecule has 24 heavy (non-hydrogen) atoms. The molecule has 2 aromatic rings. The molecule has 0 aliphatic carbocycles. The van der Waals surface area contributed by atoms with Gasteiger partial charge in [-0.05, 0) is 51.3 Å². The molecule has 0 unspecified atom stereocenters. The van der Waals surface area contributed by atoms with E-state index in [0.29, 0.717) is 5.76 Å². The van der Waals surface area contributed by atoms with Crippen LogP contribution in [0.2, 0.25) is 0 Å². The minimum absolute atomic E-state index is 0.00952. The van der Waals surface area contributed by atoms with E-state index in [1.807, 2.05) is 25.1 Å². The fourth-order valence-electron chi connectivity index (χ4n) is 2.28. The third kappa shape index (κ3) is 5.26. The van der Waals surface area contributed by atoms with E-state index in [2.05, 4.69) is 17.4 Å². The highest BCUT2D eigenvalue weighted by molar-refractivity contribution is 5.90. The first-order valence-corrected chi connectivity index (χ1v) is 8.07. The maximum atomic E-state index is 12.1. The van der Waals surface area contributed by atoms with Crippen molar-refractivity contribution in [3.8, 4) is 0 Å².